The van der Waals surface area contributed by atoms with Gasteiger partial charge in [0.05, 0.1) is 6.61 Å². The number of hydrogen-bond donors (Lipinski definition) is 0. The summed E-state index contributed by atoms with van der Waals surface area (Å²) in [5.74, 6) is 0. The third-order valence-corrected chi connectivity index (χ3v) is 2.43. The summed E-state index contributed by atoms with van der Waals surface area (Å²) in [5.41, 5.74) is 1.12. The molecule has 0 bridgehead atoms. The fraction of sp³-hybridized carbons (Fsp3) is 0.615. The second kappa shape index (κ2) is 7.61. The maximum Gasteiger partial charge on any atom is 0.317 e. The van der Waals surface area contributed by atoms with Crippen molar-refractivity contribution < 1.29 is 4.74 Å². The van der Waals surface area contributed by atoms with E-state index in [4.69, 9.17) is 10.00 Å². The summed E-state index contributed by atoms with van der Waals surface area (Å²) in [7, 11) is 0. The van der Waals surface area contributed by atoms with Gasteiger partial charge < -0.3 is 4.74 Å². The van der Waals surface area contributed by atoms with Crippen LogP contribution in [0.4, 0.5) is 0 Å². The van der Waals surface area contributed by atoms with Crippen LogP contribution in [0.25, 0.3) is 0 Å². The predicted octanol–water partition coefficient (Wildman–Crippen LogP) is 3.01. The molecule has 92 valence electrons. The van der Waals surface area contributed by atoms with Crippen molar-refractivity contribution in [2.75, 3.05) is 6.61 Å². The van der Waals surface area contributed by atoms with Crippen LogP contribution in [-0.4, -0.2) is 16.6 Å². The number of ether oxygens (including phenoxy) is 1. The number of aromatic nitrogens is 2. The second-order valence-corrected chi connectivity index (χ2v) is 4.05. The summed E-state index contributed by atoms with van der Waals surface area (Å²) in [6, 6.07) is 3.96. The maximum absolute atomic E-state index is 8.76. The lowest BCUT2D eigenvalue weighted by Crippen LogP contribution is -2.03. The van der Waals surface area contributed by atoms with Gasteiger partial charge in [0.25, 0.3) is 0 Å². The average molecular weight is 233 g/mol. The Morgan fingerprint density at radius 3 is 2.71 bits per heavy atom. The van der Waals surface area contributed by atoms with E-state index in [1.54, 1.807) is 6.07 Å². The van der Waals surface area contributed by atoms with Crippen molar-refractivity contribution >= 4 is 0 Å². The number of aryl methyl sites for hydroxylation is 1. The van der Waals surface area contributed by atoms with Gasteiger partial charge in [-0.1, -0.05) is 32.6 Å². The largest absolute Gasteiger partial charge is 0.463 e. The molecule has 0 amide bonds. The van der Waals surface area contributed by atoms with Crippen LogP contribution >= 0.6 is 0 Å². The average Bonchev–Trinajstić information content (AvgIpc) is 2.33. The van der Waals surface area contributed by atoms with Crippen LogP contribution in [0.2, 0.25) is 0 Å². The van der Waals surface area contributed by atoms with Crippen LogP contribution < -0.4 is 4.74 Å². The van der Waals surface area contributed by atoms with Crippen molar-refractivity contribution in [3.63, 3.8) is 0 Å². The summed E-state index contributed by atoms with van der Waals surface area (Å²) >= 11 is 0. The Labute approximate surface area is 103 Å². The molecule has 0 saturated heterocycles. The smallest absolute Gasteiger partial charge is 0.317 e. The molecule has 1 heterocycles. The highest BCUT2D eigenvalue weighted by Crippen LogP contribution is 2.08. The number of rotatable bonds is 7. The van der Waals surface area contributed by atoms with Gasteiger partial charge >= 0.3 is 6.01 Å². The summed E-state index contributed by atoms with van der Waals surface area (Å²) in [5, 5.41) is 8.76. The third-order valence-electron chi connectivity index (χ3n) is 2.43. The first-order valence-electron chi connectivity index (χ1n) is 6.15. The zero-order valence-electron chi connectivity index (χ0n) is 10.6. The molecule has 1 aromatic heterocycles. The second-order valence-electron chi connectivity index (χ2n) is 4.05. The minimum absolute atomic E-state index is 0.317. The molecule has 4 heteroatoms. The van der Waals surface area contributed by atoms with Gasteiger partial charge in [0.15, 0.2) is 0 Å². The van der Waals surface area contributed by atoms with Crippen molar-refractivity contribution in [3.05, 3.63) is 17.5 Å². The molecule has 0 fully saturated rings. The van der Waals surface area contributed by atoms with Crippen molar-refractivity contribution in [1.29, 1.82) is 5.26 Å². The van der Waals surface area contributed by atoms with Crippen molar-refractivity contribution in [2.45, 2.75) is 46.0 Å². The van der Waals surface area contributed by atoms with Gasteiger partial charge in [-0.25, -0.2) is 4.98 Å². The van der Waals surface area contributed by atoms with Crippen LogP contribution in [0.1, 0.15) is 50.4 Å². The Kier molecular flexibility index (Phi) is 6.02. The Hall–Kier alpha value is -1.63. The van der Waals surface area contributed by atoms with E-state index in [9.17, 15) is 0 Å². The number of nitriles is 1. The molecule has 0 aliphatic heterocycles. The van der Waals surface area contributed by atoms with E-state index in [0.717, 1.165) is 12.1 Å². The van der Waals surface area contributed by atoms with E-state index < -0.39 is 0 Å². The van der Waals surface area contributed by atoms with E-state index >= 15 is 0 Å². The molecule has 1 aromatic rings. The molecule has 1 rings (SSSR count). The van der Waals surface area contributed by atoms with Gasteiger partial charge in [0, 0.05) is 5.69 Å². The zero-order valence-corrected chi connectivity index (χ0v) is 10.6. The van der Waals surface area contributed by atoms with E-state index in [-0.39, 0.29) is 0 Å². The zero-order chi connectivity index (χ0) is 12.5. The maximum atomic E-state index is 8.76. The van der Waals surface area contributed by atoms with Crippen LogP contribution in [-0.2, 0) is 0 Å². The predicted molar refractivity (Wildman–Crippen MR) is 65.7 cm³/mol. The van der Waals surface area contributed by atoms with Gasteiger partial charge in [-0.2, -0.15) is 10.2 Å². The van der Waals surface area contributed by atoms with Crippen LogP contribution in [0, 0.1) is 18.3 Å². The first-order chi connectivity index (χ1) is 8.26. The van der Waals surface area contributed by atoms with Gasteiger partial charge in [-0.15, -0.1) is 0 Å². The molecule has 0 spiro atoms. The fourth-order valence-electron chi connectivity index (χ4n) is 1.53. The highest BCUT2D eigenvalue weighted by Gasteiger charge is 2.02. The normalized spacial score (nSPS) is 9.94. The first kappa shape index (κ1) is 13.4. The summed E-state index contributed by atoms with van der Waals surface area (Å²) < 4.78 is 5.44. The van der Waals surface area contributed by atoms with Crippen molar-refractivity contribution in [2.24, 2.45) is 0 Å². The quantitative estimate of drug-likeness (QED) is 0.679. The van der Waals surface area contributed by atoms with E-state index in [2.05, 4.69) is 16.9 Å². The standard InChI is InChI=1S/C13H19N3O/c1-3-4-5-6-7-8-17-13-15-11(2)9-12(10-14)16-13/h9H,3-8H2,1-2H3. The lowest BCUT2D eigenvalue weighted by atomic mass is 10.2. The molecular formula is C13H19N3O. The highest BCUT2D eigenvalue weighted by atomic mass is 16.5. The van der Waals surface area contributed by atoms with Crippen LogP contribution in [0.5, 0.6) is 6.01 Å². The molecule has 4 nitrogen and oxygen atoms in total. The molecule has 0 aliphatic carbocycles. The minimum Gasteiger partial charge on any atom is -0.463 e. The van der Waals surface area contributed by atoms with Crippen LogP contribution in [0.3, 0.4) is 0 Å². The molecule has 0 saturated carbocycles. The van der Waals surface area contributed by atoms with E-state index in [1.807, 2.05) is 13.0 Å². The van der Waals surface area contributed by atoms with Gasteiger partial charge in [-0.05, 0) is 19.4 Å². The third kappa shape index (κ3) is 5.30. The summed E-state index contributed by atoms with van der Waals surface area (Å²) in [4.78, 5) is 8.12. The lowest BCUT2D eigenvalue weighted by molar-refractivity contribution is 0.280. The summed E-state index contributed by atoms with van der Waals surface area (Å²) in [6.45, 7) is 4.65. The minimum atomic E-state index is 0.317. The van der Waals surface area contributed by atoms with E-state index in [1.165, 1.54) is 25.7 Å². The molecule has 0 radical (unpaired) electrons. The number of unbranched alkanes of at least 4 members (excludes halogenated alkanes) is 4. The molecule has 0 aromatic carbocycles. The molecule has 0 aliphatic rings. The monoisotopic (exact) mass is 233 g/mol. The molecular weight excluding hydrogens is 214 g/mol. The number of hydrogen-bond acceptors (Lipinski definition) is 4. The fourth-order valence-corrected chi connectivity index (χ4v) is 1.53. The Balaban J connectivity index is 2.32. The molecule has 0 N–H and O–H groups in total. The van der Waals surface area contributed by atoms with Crippen molar-refractivity contribution in [1.82, 2.24) is 9.97 Å². The van der Waals surface area contributed by atoms with E-state index in [0.29, 0.717) is 18.3 Å². The molecule has 0 unspecified atom stereocenters. The van der Waals surface area contributed by atoms with Gasteiger partial charge in [0.2, 0.25) is 0 Å². The Morgan fingerprint density at radius 1 is 1.24 bits per heavy atom. The number of nitrogens with zero attached hydrogens (tertiary/aromatic N) is 3. The lowest BCUT2D eigenvalue weighted by Gasteiger charge is -2.05. The summed E-state index contributed by atoms with van der Waals surface area (Å²) in [6.07, 6.45) is 5.95. The topological polar surface area (TPSA) is 58.8 Å². The van der Waals surface area contributed by atoms with Crippen molar-refractivity contribution in [3.8, 4) is 12.1 Å². The first-order valence-corrected chi connectivity index (χ1v) is 6.15. The van der Waals surface area contributed by atoms with Crippen LogP contribution in [0.15, 0.2) is 6.07 Å². The molecule has 17 heavy (non-hydrogen) atoms. The molecule has 0 atom stereocenters. The SMILES string of the molecule is CCCCCCCOc1nc(C)cc(C#N)n1. The van der Waals surface area contributed by atoms with Gasteiger partial charge in [0.1, 0.15) is 11.8 Å². The highest BCUT2D eigenvalue weighted by molar-refractivity contribution is 5.23. The van der Waals surface area contributed by atoms with Gasteiger partial charge in [-0.3, -0.25) is 0 Å². The Morgan fingerprint density at radius 2 is 2.00 bits per heavy atom. The Bertz CT molecular complexity index is 385.